The molecule has 1 fully saturated rings. The third-order valence-corrected chi connectivity index (χ3v) is 4.96. The third kappa shape index (κ3) is 3.97. The highest BCUT2D eigenvalue weighted by atomic mass is 16.4. The number of aromatic nitrogens is 2. The molecule has 8 heteroatoms. The number of likely N-dealkylation sites (tertiary alicyclic amines) is 1. The molecule has 3 heterocycles. The summed E-state index contributed by atoms with van der Waals surface area (Å²) in [6.45, 7) is 4.22. The smallest absolute Gasteiger partial charge is 0.324 e. The molecule has 148 valence electrons. The monoisotopic (exact) mass is 391 g/mol. The Bertz CT molecular complexity index is 1100. The van der Waals surface area contributed by atoms with E-state index in [9.17, 15) is 5.11 Å². The first-order valence-corrected chi connectivity index (χ1v) is 9.48. The lowest BCUT2D eigenvalue weighted by molar-refractivity contribution is 0.204. The number of rotatable bonds is 4. The predicted octanol–water partition coefficient (Wildman–Crippen LogP) is 2.94. The van der Waals surface area contributed by atoms with Crippen LogP contribution in [-0.2, 0) is 0 Å². The van der Waals surface area contributed by atoms with Gasteiger partial charge in [0.1, 0.15) is 5.75 Å². The van der Waals surface area contributed by atoms with Crippen molar-refractivity contribution in [3.05, 3.63) is 35.4 Å². The van der Waals surface area contributed by atoms with Gasteiger partial charge >= 0.3 is 6.01 Å². The summed E-state index contributed by atoms with van der Waals surface area (Å²) >= 11 is 0. The molecule has 4 rings (SSSR count). The van der Waals surface area contributed by atoms with Gasteiger partial charge in [-0.1, -0.05) is 0 Å². The molecule has 0 radical (unpaired) electrons. The first-order chi connectivity index (χ1) is 14.1. The second kappa shape index (κ2) is 7.99. The lowest BCUT2D eigenvalue weighted by Gasteiger charge is -2.26. The second-order valence-electron chi connectivity index (χ2n) is 7.10. The van der Waals surface area contributed by atoms with Gasteiger partial charge in [0.2, 0.25) is 5.65 Å². The van der Waals surface area contributed by atoms with Gasteiger partial charge in [-0.05, 0) is 56.1 Å². The standard InChI is InChI=1S/C21H21N5O3/c1-13-9-14(11-22)10-17(28)19(13)16-4-5-18-20(24-16)25-21(29-18)23-15-3-2-6-26(12-15)7-8-27/h4-5,9-10,27-28H,2-3,6-8,12H2,1H3/b23-15+. The van der Waals surface area contributed by atoms with Crippen LogP contribution in [0.15, 0.2) is 33.7 Å². The van der Waals surface area contributed by atoms with Crippen LogP contribution in [0.2, 0.25) is 0 Å². The van der Waals surface area contributed by atoms with Crippen LogP contribution in [0.4, 0.5) is 6.01 Å². The van der Waals surface area contributed by atoms with Crippen molar-refractivity contribution in [1.29, 1.82) is 5.26 Å². The van der Waals surface area contributed by atoms with E-state index < -0.39 is 0 Å². The van der Waals surface area contributed by atoms with Gasteiger partial charge in [0.15, 0.2) is 5.58 Å². The van der Waals surface area contributed by atoms with E-state index in [4.69, 9.17) is 14.8 Å². The molecular formula is C21H21N5O3. The fourth-order valence-electron chi connectivity index (χ4n) is 3.64. The number of aliphatic hydroxyl groups is 1. The number of hydrogen-bond acceptors (Lipinski definition) is 8. The molecule has 2 N–H and O–H groups in total. The van der Waals surface area contributed by atoms with E-state index in [1.54, 1.807) is 18.2 Å². The van der Waals surface area contributed by atoms with Gasteiger partial charge in [0.05, 0.1) is 23.9 Å². The SMILES string of the molecule is Cc1cc(C#N)cc(O)c1-c1ccc2oc(/N=C3\CCCN(CCO)C3)nc2n1. The van der Waals surface area contributed by atoms with Crippen molar-refractivity contribution in [1.82, 2.24) is 14.9 Å². The number of phenols is 1. The Morgan fingerprint density at radius 2 is 2.17 bits per heavy atom. The van der Waals surface area contributed by atoms with E-state index in [0.717, 1.165) is 30.7 Å². The summed E-state index contributed by atoms with van der Waals surface area (Å²) in [5.41, 5.74) is 4.16. The number of nitriles is 1. The fraction of sp³-hybridized carbons (Fsp3) is 0.333. The number of aromatic hydroxyl groups is 1. The van der Waals surface area contributed by atoms with E-state index in [-0.39, 0.29) is 18.4 Å². The van der Waals surface area contributed by atoms with Crippen LogP contribution in [0, 0.1) is 18.3 Å². The zero-order chi connectivity index (χ0) is 20.4. The molecule has 0 atom stereocenters. The number of fused-ring (bicyclic) bond motifs is 1. The topological polar surface area (TPSA) is 119 Å². The number of hydrogen-bond donors (Lipinski definition) is 2. The average molecular weight is 391 g/mol. The molecule has 0 spiro atoms. The summed E-state index contributed by atoms with van der Waals surface area (Å²) in [4.78, 5) is 15.6. The van der Waals surface area contributed by atoms with Crippen molar-refractivity contribution in [3.63, 3.8) is 0 Å². The van der Waals surface area contributed by atoms with Crippen LogP contribution in [0.25, 0.3) is 22.5 Å². The molecule has 0 saturated carbocycles. The van der Waals surface area contributed by atoms with Gasteiger partial charge in [-0.15, -0.1) is 0 Å². The van der Waals surface area contributed by atoms with Gasteiger partial charge in [-0.3, -0.25) is 4.90 Å². The Labute approximate surface area is 167 Å². The predicted molar refractivity (Wildman–Crippen MR) is 108 cm³/mol. The largest absolute Gasteiger partial charge is 0.507 e. The summed E-state index contributed by atoms with van der Waals surface area (Å²) in [6.07, 6.45) is 1.86. The van der Waals surface area contributed by atoms with E-state index in [1.165, 1.54) is 6.07 Å². The minimum absolute atomic E-state index is 0.00328. The summed E-state index contributed by atoms with van der Waals surface area (Å²) in [5.74, 6) is 0.00328. The molecule has 0 amide bonds. The number of β-amino-alcohol motifs (C(OH)–C–C–N with tert-alkyl or cyclic N) is 1. The summed E-state index contributed by atoms with van der Waals surface area (Å²) in [6, 6.07) is 8.93. The number of piperidine rings is 1. The number of nitrogens with zero attached hydrogens (tertiary/aromatic N) is 5. The molecule has 1 aliphatic rings. The fourth-order valence-corrected chi connectivity index (χ4v) is 3.64. The van der Waals surface area contributed by atoms with Gasteiger partial charge in [0.25, 0.3) is 0 Å². The normalized spacial score (nSPS) is 16.4. The maximum atomic E-state index is 10.3. The molecule has 2 aromatic heterocycles. The second-order valence-corrected chi connectivity index (χ2v) is 7.10. The Morgan fingerprint density at radius 1 is 1.31 bits per heavy atom. The van der Waals surface area contributed by atoms with Crippen molar-refractivity contribution < 1.29 is 14.6 Å². The maximum Gasteiger partial charge on any atom is 0.324 e. The third-order valence-electron chi connectivity index (χ3n) is 4.96. The number of pyridine rings is 1. The van der Waals surface area contributed by atoms with E-state index in [0.29, 0.717) is 41.1 Å². The zero-order valence-electron chi connectivity index (χ0n) is 16.1. The number of aryl methyl sites for hydroxylation is 1. The molecule has 3 aromatic rings. The molecule has 0 bridgehead atoms. The Kier molecular flexibility index (Phi) is 5.25. The molecular weight excluding hydrogens is 370 g/mol. The Morgan fingerprint density at radius 3 is 2.93 bits per heavy atom. The first kappa shape index (κ1) is 19.1. The van der Waals surface area contributed by atoms with Crippen LogP contribution in [-0.4, -0.2) is 57.0 Å². The summed E-state index contributed by atoms with van der Waals surface area (Å²) in [5, 5.41) is 28.5. The highest BCUT2D eigenvalue weighted by Gasteiger charge is 2.17. The van der Waals surface area contributed by atoms with Crippen molar-refractivity contribution in [2.24, 2.45) is 4.99 Å². The first-order valence-electron chi connectivity index (χ1n) is 9.48. The minimum Gasteiger partial charge on any atom is -0.507 e. The highest BCUT2D eigenvalue weighted by Crippen LogP contribution is 2.33. The van der Waals surface area contributed by atoms with Crippen LogP contribution >= 0.6 is 0 Å². The molecule has 1 aromatic carbocycles. The average Bonchev–Trinajstić information content (AvgIpc) is 3.09. The number of benzene rings is 1. The highest BCUT2D eigenvalue weighted by molar-refractivity contribution is 5.89. The van der Waals surface area contributed by atoms with Gasteiger partial charge in [-0.25, -0.2) is 9.98 Å². The van der Waals surface area contributed by atoms with Crippen LogP contribution < -0.4 is 0 Å². The number of oxazole rings is 1. The van der Waals surface area contributed by atoms with Crippen molar-refractivity contribution in [3.8, 4) is 23.1 Å². The summed E-state index contributed by atoms with van der Waals surface area (Å²) < 4.78 is 5.72. The zero-order valence-corrected chi connectivity index (χ0v) is 16.1. The Hall–Kier alpha value is -3.28. The van der Waals surface area contributed by atoms with Gasteiger partial charge in [-0.2, -0.15) is 10.2 Å². The molecule has 29 heavy (non-hydrogen) atoms. The molecule has 1 saturated heterocycles. The van der Waals surface area contributed by atoms with Gasteiger partial charge in [0, 0.05) is 24.4 Å². The lowest BCUT2D eigenvalue weighted by atomic mass is 10.0. The van der Waals surface area contributed by atoms with Crippen LogP contribution in [0.5, 0.6) is 5.75 Å². The lowest BCUT2D eigenvalue weighted by Crippen LogP contribution is -2.37. The van der Waals surface area contributed by atoms with Crippen molar-refractivity contribution in [2.75, 3.05) is 26.2 Å². The molecule has 0 unspecified atom stereocenters. The van der Waals surface area contributed by atoms with Crippen molar-refractivity contribution in [2.45, 2.75) is 19.8 Å². The number of phenolic OH excluding ortho intramolecular Hbond substituents is 1. The van der Waals surface area contributed by atoms with Crippen molar-refractivity contribution >= 4 is 23.0 Å². The van der Waals surface area contributed by atoms with Crippen LogP contribution in [0.1, 0.15) is 24.0 Å². The minimum atomic E-state index is 0.00328. The number of aliphatic hydroxyl groups excluding tert-OH is 1. The quantitative estimate of drug-likeness (QED) is 0.702. The van der Waals surface area contributed by atoms with Gasteiger partial charge < -0.3 is 14.6 Å². The van der Waals surface area contributed by atoms with E-state index in [2.05, 4.69) is 19.9 Å². The summed E-state index contributed by atoms with van der Waals surface area (Å²) in [7, 11) is 0. The molecule has 1 aliphatic heterocycles. The van der Waals surface area contributed by atoms with E-state index >= 15 is 0 Å². The Balaban J connectivity index is 1.65. The molecule has 8 nitrogen and oxygen atoms in total. The molecule has 0 aliphatic carbocycles. The maximum absolute atomic E-state index is 10.3. The van der Waals surface area contributed by atoms with E-state index in [1.807, 2.05) is 13.0 Å². The van der Waals surface area contributed by atoms with Crippen LogP contribution in [0.3, 0.4) is 0 Å². The number of aliphatic imine (C=N–C) groups is 1.